The molecule has 1 aromatic carbocycles. The number of hydrogen-bond donors (Lipinski definition) is 7. The highest BCUT2D eigenvalue weighted by Crippen LogP contribution is 2.05. The van der Waals surface area contributed by atoms with Crippen LogP contribution in [-0.4, -0.2) is 75.3 Å². The molecule has 8 N–H and O–H groups in total. The Morgan fingerprint density at radius 3 is 2.03 bits per heavy atom. The predicted molar refractivity (Wildman–Crippen MR) is 116 cm³/mol. The minimum Gasteiger partial charge on any atom is -0.481 e. The second-order valence-corrected chi connectivity index (χ2v) is 7.59. The minimum atomic E-state index is -1.49. The first kappa shape index (κ1) is 27.5. The van der Waals surface area contributed by atoms with Crippen molar-refractivity contribution in [1.29, 1.82) is 0 Å². The molecule has 0 aliphatic carbocycles. The summed E-state index contributed by atoms with van der Waals surface area (Å²) < 4.78 is 0. The quantitative estimate of drug-likeness (QED) is 0.178. The fraction of sp³-hybridized carbons (Fsp3) is 0.476. The predicted octanol–water partition coefficient (Wildman–Crippen LogP) is -1.64. The van der Waals surface area contributed by atoms with E-state index in [0.29, 0.717) is 0 Å². The first-order valence-corrected chi connectivity index (χ1v) is 10.3. The van der Waals surface area contributed by atoms with Gasteiger partial charge in [0.25, 0.3) is 0 Å². The Morgan fingerprint density at radius 1 is 0.909 bits per heavy atom. The van der Waals surface area contributed by atoms with Crippen molar-refractivity contribution in [2.24, 2.45) is 5.73 Å². The lowest BCUT2D eigenvalue weighted by Crippen LogP contribution is -2.59. The fourth-order valence-electron chi connectivity index (χ4n) is 2.80. The number of carboxylic acid groups (broad SMARTS) is 2. The summed E-state index contributed by atoms with van der Waals surface area (Å²) >= 11 is 0. The average molecular weight is 466 g/mol. The summed E-state index contributed by atoms with van der Waals surface area (Å²) in [6.07, 6.45) is -2.03. The van der Waals surface area contributed by atoms with Crippen molar-refractivity contribution in [3.8, 4) is 0 Å². The summed E-state index contributed by atoms with van der Waals surface area (Å²) in [5, 5.41) is 34.6. The Kier molecular flexibility index (Phi) is 11.0. The molecule has 0 aliphatic heterocycles. The zero-order valence-corrected chi connectivity index (χ0v) is 18.4. The molecule has 0 heterocycles. The second-order valence-electron chi connectivity index (χ2n) is 7.59. The van der Waals surface area contributed by atoms with Crippen molar-refractivity contribution in [3.05, 3.63) is 35.9 Å². The topological polar surface area (TPSA) is 208 Å². The van der Waals surface area contributed by atoms with Gasteiger partial charge < -0.3 is 37.0 Å². The van der Waals surface area contributed by atoms with Gasteiger partial charge in [-0.25, -0.2) is 0 Å². The monoisotopic (exact) mass is 466 g/mol. The molecule has 0 saturated carbocycles. The molecule has 0 radical (unpaired) electrons. The molecular formula is C21H30N4O8. The van der Waals surface area contributed by atoms with E-state index in [4.69, 9.17) is 15.9 Å². The Bertz CT molecular complexity index is 846. The zero-order valence-electron chi connectivity index (χ0n) is 18.4. The molecule has 0 aromatic heterocycles. The molecule has 12 heteroatoms. The molecule has 0 fully saturated rings. The van der Waals surface area contributed by atoms with Crippen molar-refractivity contribution in [2.45, 2.75) is 63.4 Å². The molecule has 3 amide bonds. The lowest BCUT2D eigenvalue weighted by Gasteiger charge is -2.26. The third-order valence-electron chi connectivity index (χ3n) is 4.71. The number of nitrogens with one attached hydrogen (secondary N) is 3. The number of aliphatic carboxylic acids is 2. The molecule has 0 bridgehead atoms. The van der Waals surface area contributed by atoms with E-state index in [9.17, 15) is 29.1 Å². The van der Waals surface area contributed by atoms with Gasteiger partial charge in [-0.1, -0.05) is 30.3 Å². The number of nitrogens with two attached hydrogens (primary N) is 1. The fourth-order valence-corrected chi connectivity index (χ4v) is 2.80. The van der Waals surface area contributed by atoms with Crippen LogP contribution in [-0.2, 0) is 30.4 Å². The lowest BCUT2D eigenvalue weighted by molar-refractivity contribution is -0.142. The van der Waals surface area contributed by atoms with Gasteiger partial charge in [0.15, 0.2) is 0 Å². The molecular weight excluding hydrogens is 436 g/mol. The van der Waals surface area contributed by atoms with E-state index < -0.39 is 66.4 Å². The third kappa shape index (κ3) is 9.66. The number of hydrogen-bond acceptors (Lipinski definition) is 7. The van der Waals surface area contributed by atoms with E-state index in [1.165, 1.54) is 13.8 Å². The average Bonchev–Trinajstić information content (AvgIpc) is 2.74. The van der Waals surface area contributed by atoms with Gasteiger partial charge in [-0.15, -0.1) is 0 Å². The van der Waals surface area contributed by atoms with Crippen molar-refractivity contribution in [2.75, 3.05) is 0 Å². The van der Waals surface area contributed by atoms with E-state index >= 15 is 0 Å². The molecule has 0 spiro atoms. The molecule has 0 aliphatic rings. The van der Waals surface area contributed by atoms with Crippen LogP contribution in [0.1, 0.15) is 32.3 Å². The molecule has 5 unspecified atom stereocenters. The summed E-state index contributed by atoms with van der Waals surface area (Å²) in [5.41, 5.74) is 6.69. The summed E-state index contributed by atoms with van der Waals surface area (Å²) in [6, 6.07) is 3.69. The van der Waals surface area contributed by atoms with Crippen molar-refractivity contribution < 1.29 is 39.3 Å². The van der Waals surface area contributed by atoms with Gasteiger partial charge in [-0.05, 0) is 32.3 Å². The van der Waals surface area contributed by atoms with Crippen molar-refractivity contribution in [3.63, 3.8) is 0 Å². The van der Waals surface area contributed by atoms with Gasteiger partial charge in [0.2, 0.25) is 17.7 Å². The van der Waals surface area contributed by atoms with Crippen LogP contribution in [0.15, 0.2) is 30.3 Å². The Hall–Kier alpha value is -3.51. The number of carbonyl (C=O) groups is 5. The van der Waals surface area contributed by atoms with Crippen LogP contribution in [0.5, 0.6) is 0 Å². The van der Waals surface area contributed by atoms with E-state index in [1.807, 2.05) is 0 Å². The minimum absolute atomic E-state index is 0.178. The first-order valence-electron chi connectivity index (χ1n) is 10.3. The number of aliphatic hydroxyl groups is 1. The first-order chi connectivity index (χ1) is 15.4. The van der Waals surface area contributed by atoms with Crippen molar-refractivity contribution >= 4 is 29.7 Å². The molecule has 12 nitrogen and oxygen atoms in total. The van der Waals surface area contributed by atoms with Gasteiger partial charge in [0, 0.05) is 6.42 Å². The molecule has 182 valence electrons. The molecule has 33 heavy (non-hydrogen) atoms. The summed E-state index contributed by atoms with van der Waals surface area (Å²) in [7, 11) is 0. The molecule has 1 aromatic rings. The van der Waals surface area contributed by atoms with Crippen LogP contribution in [0.3, 0.4) is 0 Å². The highest BCUT2D eigenvalue weighted by molar-refractivity contribution is 5.94. The number of carboxylic acids is 2. The highest BCUT2D eigenvalue weighted by atomic mass is 16.4. The van der Waals surface area contributed by atoms with E-state index in [1.54, 1.807) is 30.3 Å². The van der Waals surface area contributed by atoms with Gasteiger partial charge in [0.1, 0.15) is 18.1 Å². The normalized spacial score (nSPS) is 15.3. The lowest BCUT2D eigenvalue weighted by atomic mass is 10.0. The second kappa shape index (κ2) is 13.1. The third-order valence-corrected chi connectivity index (χ3v) is 4.71. The summed E-state index contributed by atoms with van der Waals surface area (Å²) in [6.45, 7) is 2.44. The van der Waals surface area contributed by atoms with Crippen LogP contribution in [0.2, 0.25) is 0 Å². The van der Waals surface area contributed by atoms with Gasteiger partial charge in [-0.3, -0.25) is 24.0 Å². The largest absolute Gasteiger partial charge is 0.481 e. The number of amides is 3. The smallest absolute Gasteiger partial charge is 0.325 e. The Labute approximate surface area is 190 Å². The zero-order chi connectivity index (χ0) is 25.1. The Morgan fingerprint density at radius 2 is 1.52 bits per heavy atom. The maximum atomic E-state index is 12.7. The van der Waals surface area contributed by atoms with Crippen LogP contribution in [0.4, 0.5) is 0 Å². The molecule has 5 atom stereocenters. The van der Waals surface area contributed by atoms with Crippen LogP contribution < -0.4 is 21.7 Å². The number of aliphatic hydroxyl groups excluding tert-OH is 1. The van der Waals surface area contributed by atoms with Crippen LogP contribution >= 0.6 is 0 Å². The van der Waals surface area contributed by atoms with E-state index in [-0.39, 0.29) is 12.8 Å². The van der Waals surface area contributed by atoms with E-state index in [2.05, 4.69) is 16.0 Å². The number of rotatable bonds is 13. The number of benzene rings is 1. The number of carbonyl (C=O) groups excluding carboxylic acids is 3. The van der Waals surface area contributed by atoms with Crippen LogP contribution in [0, 0.1) is 0 Å². The highest BCUT2D eigenvalue weighted by Gasteiger charge is 2.32. The summed E-state index contributed by atoms with van der Waals surface area (Å²) in [4.78, 5) is 59.4. The van der Waals surface area contributed by atoms with Gasteiger partial charge >= 0.3 is 11.9 Å². The van der Waals surface area contributed by atoms with Gasteiger partial charge in [0.05, 0.1) is 12.1 Å². The van der Waals surface area contributed by atoms with Crippen molar-refractivity contribution in [1.82, 2.24) is 16.0 Å². The molecule has 1 rings (SSSR count). The maximum absolute atomic E-state index is 12.7. The molecule has 0 saturated heterocycles. The van der Waals surface area contributed by atoms with Crippen LogP contribution in [0.25, 0.3) is 0 Å². The standard InChI is InChI=1S/C21H30N4O8/c1-11(21(32)33)23-19(30)15(8-9-16(27)28)24-20(31)17(12(2)26)25-18(29)14(22)10-13-6-4-3-5-7-13/h3-7,11-12,14-15,17,26H,8-10,22H2,1-2H3,(H,23,30)(H,24,31)(H,25,29)(H,27,28)(H,32,33). The summed E-state index contributed by atoms with van der Waals surface area (Å²) in [5.74, 6) is -5.16. The van der Waals surface area contributed by atoms with Gasteiger partial charge in [-0.2, -0.15) is 0 Å². The maximum Gasteiger partial charge on any atom is 0.325 e. The SMILES string of the molecule is CC(NC(=O)C(CCC(=O)O)NC(=O)C(NC(=O)C(N)Cc1ccccc1)C(C)O)C(=O)O. The Balaban J connectivity index is 2.88. The van der Waals surface area contributed by atoms with E-state index in [0.717, 1.165) is 5.56 Å².